The zero-order chi connectivity index (χ0) is 8.97. The van der Waals surface area contributed by atoms with E-state index in [1.807, 2.05) is 11.8 Å². The standard InChI is InChI=1S/C10H21NS/c1-4-12-7-8(2)11-9(3)10-5-6-10/h8-11H,4-7H2,1-3H3. The average Bonchev–Trinajstić information content (AvgIpc) is 2.82. The van der Waals surface area contributed by atoms with Crippen LogP contribution in [-0.2, 0) is 0 Å². The van der Waals surface area contributed by atoms with Gasteiger partial charge in [0.2, 0.25) is 0 Å². The van der Waals surface area contributed by atoms with Gasteiger partial charge in [0.25, 0.3) is 0 Å². The summed E-state index contributed by atoms with van der Waals surface area (Å²) in [4.78, 5) is 0. The van der Waals surface area contributed by atoms with Gasteiger partial charge < -0.3 is 5.32 Å². The zero-order valence-corrected chi connectivity index (χ0v) is 9.29. The van der Waals surface area contributed by atoms with E-state index in [1.165, 1.54) is 24.3 Å². The molecule has 0 spiro atoms. The highest BCUT2D eigenvalue weighted by atomic mass is 32.2. The van der Waals surface area contributed by atoms with Crippen LogP contribution in [0.2, 0.25) is 0 Å². The van der Waals surface area contributed by atoms with Gasteiger partial charge >= 0.3 is 0 Å². The molecular weight excluding hydrogens is 166 g/mol. The Morgan fingerprint density at radius 1 is 1.42 bits per heavy atom. The number of nitrogens with one attached hydrogen (secondary N) is 1. The van der Waals surface area contributed by atoms with E-state index in [9.17, 15) is 0 Å². The van der Waals surface area contributed by atoms with Gasteiger partial charge in [-0.3, -0.25) is 0 Å². The molecule has 1 aliphatic rings. The Bertz CT molecular complexity index is 123. The molecule has 1 aliphatic carbocycles. The molecule has 0 aromatic heterocycles. The Labute approximate surface area is 80.7 Å². The van der Waals surface area contributed by atoms with Crippen LogP contribution < -0.4 is 5.32 Å². The monoisotopic (exact) mass is 187 g/mol. The van der Waals surface area contributed by atoms with Gasteiger partial charge in [0.15, 0.2) is 0 Å². The Hall–Kier alpha value is 0.310. The molecule has 2 heteroatoms. The van der Waals surface area contributed by atoms with Gasteiger partial charge in [-0.1, -0.05) is 6.92 Å². The molecule has 0 bridgehead atoms. The maximum Gasteiger partial charge on any atom is 0.0132 e. The van der Waals surface area contributed by atoms with E-state index >= 15 is 0 Å². The van der Waals surface area contributed by atoms with Crippen LogP contribution in [0, 0.1) is 5.92 Å². The van der Waals surface area contributed by atoms with E-state index in [0.29, 0.717) is 6.04 Å². The summed E-state index contributed by atoms with van der Waals surface area (Å²) < 4.78 is 0. The fourth-order valence-corrected chi connectivity index (χ4v) is 2.21. The molecule has 2 atom stereocenters. The fourth-order valence-electron chi connectivity index (χ4n) is 1.52. The molecule has 0 heterocycles. The molecule has 1 N–H and O–H groups in total. The molecule has 72 valence electrons. The second kappa shape index (κ2) is 5.13. The summed E-state index contributed by atoms with van der Waals surface area (Å²) in [5.41, 5.74) is 0. The number of thioether (sulfide) groups is 1. The van der Waals surface area contributed by atoms with Crippen molar-refractivity contribution in [3.63, 3.8) is 0 Å². The molecule has 1 saturated carbocycles. The van der Waals surface area contributed by atoms with Crippen LogP contribution in [0.3, 0.4) is 0 Å². The summed E-state index contributed by atoms with van der Waals surface area (Å²) in [5, 5.41) is 3.66. The Kier molecular flexibility index (Phi) is 4.44. The average molecular weight is 187 g/mol. The molecule has 1 fully saturated rings. The van der Waals surface area contributed by atoms with E-state index < -0.39 is 0 Å². The first kappa shape index (κ1) is 10.4. The van der Waals surface area contributed by atoms with Crippen LogP contribution in [-0.4, -0.2) is 23.6 Å². The number of hydrogen-bond acceptors (Lipinski definition) is 2. The molecule has 12 heavy (non-hydrogen) atoms. The van der Waals surface area contributed by atoms with Crippen molar-refractivity contribution in [3.8, 4) is 0 Å². The summed E-state index contributed by atoms with van der Waals surface area (Å²) in [5.74, 6) is 3.48. The van der Waals surface area contributed by atoms with E-state index in [0.717, 1.165) is 12.0 Å². The quantitative estimate of drug-likeness (QED) is 0.686. The normalized spacial score (nSPS) is 22.2. The SMILES string of the molecule is CCSCC(C)NC(C)C1CC1. The summed E-state index contributed by atoms with van der Waals surface area (Å²) in [6.07, 6.45) is 2.89. The Morgan fingerprint density at radius 2 is 2.08 bits per heavy atom. The first-order valence-electron chi connectivity index (χ1n) is 5.07. The van der Waals surface area contributed by atoms with Gasteiger partial charge in [-0.05, 0) is 38.4 Å². The smallest absolute Gasteiger partial charge is 0.0132 e. The molecule has 0 radical (unpaired) electrons. The lowest BCUT2D eigenvalue weighted by Gasteiger charge is -2.18. The first-order valence-corrected chi connectivity index (χ1v) is 6.23. The summed E-state index contributed by atoms with van der Waals surface area (Å²) >= 11 is 2.03. The largest absolute Gasteiger partial charge is 0.311 e. The lowest BCUT2D eigenvalue weighted by atomic mass is 10.2. The van der Waals surface area contributed by atoms with Crippen molar-refractivity contribution in [2.24, 2.45) is 5.92 Å². The van der Waals surface area contributed by atoms with E-state index in [2.05, 4.69) is 26.1 Å². The third-order valence-electron chi connectivity index (χ3n) is 2.45. The highest BCUT2D eigenvalue weighted by Crippen LogP contribution is 2.32. The Balaban J connectivity index is 2.03. The lowest BCUT2D eigenvalue weighted by molar-refractivity contribution is 0.454. The molecule has 0 amide bonds. The highest BCUT2D eigenvalue weighted by Gasteiger charge is 2.28. The molecule has 0 aliphatic heterocycles. The molecule has 0 saturated heterocycles. The molecule has 1 nitrogen and oxygen atoms in total. The van der Waals surface area contributed by atoms with E-state index in [-0.39, 0.29) is 0 Å². The third kappa shape index (κ3) is 3.81. The molecular formula is C10H21NS. The van der Waals surface area contributed by atoms with Crippen molar-refractivity contribution in [2.45, 2.75) is 45.7 Å². The van der Waals surface area contributed by atoms with Crippen LogP contribution in [0.25, 0.3) is 0 Å². The van der Waals surface area contributed by atoms with Crippen LogP contribution in [0.1, 0.15) is 33.6 Å². The maximum atomic E-state index is 3.66. The second-order valence-electron chi connectivity index (χ2n) is 3.85. The van der Waals surface area contributed by atoms with Crippen LogP contribution in [0.15, 0.2) is 0 Å². The van der Waals surface area contributed by atoms with Crippen molar-refractivity contribution in [2.75, 3.05) is 11.5 Å². The van der Waals surface area contributed by atoms with Crippen molar-refractivity contribution in [1.29, 1.82) is 0 Å². The van der Waals surface area contributed by atoms with Gasteiger partial charge in [-0.25, -0.2) is 0 Å². The number of hydrogen-bond donors (Lipinski definition) is 1. The lowest BCUT2D eigenvalue weighted by Crippen LogP contribution is -2.37. The minimum atomic E-state index is 0.686. The summed E-state index contributed by atoms with van der Waals surface area (Å²) in [6, 6.07) is 1.43. The van der Waals surface area contributed by atoms with Crippen LogP contribution in [0.5, 0.6) is 0 Å². The number of rotatable bonds is 6. The fraction of sp³-hybridized carbons (Fsp3) is 1.00. The zero-order valence-electron chi connectivity index (χ0n) is 8.47. The summed E-state index contributed by atoms with van der Waals surface area (Å²) in [6.45, 7) is 6.84. The van der Waals surface area contributed by atoms with Gasteiger partial charge in [0.1, 0.15) is 0 Å². The van der Waals surface area contributed by atoms with Gasteiger partial charge in [0.05, 0.1) is 0 Å². The first-order chi connectivity index (χ1) is 5.74. The molecule has 0 aromatic rings. The predicted molar refractivity (Wildman–Crippen MR) is 57.8 cm³/mol. The Morgan fingerprint density at radius 3 is 2.58 bits per heavy atom. The van der Waals surface area contributed by atoms with E-state index in [1.54, 1.807) is 0 Å². The van der Waals surface area contributed by atoms with Crippen molar-refractivity contribution < 1.29 is 0 Å². The topological polar surface area (TPSA) is 12.0 Å². The molecule has 2 unspecified atom stereocenters. The van der Waals surface area contributed by atoms with Gasteiger partial charge in [0, 0.05) is 17.8 Å². The summed E-state index contributed by atoms with van der Waals surface area (Å²) in [7, 11) is 0. The van der Waals surface area contributed by atoms with Crippen molar-refractivity contribution >= 4 is 11.8 Å². The maximum absolute atomic E-state index is 3.66. The third-order valence-corrected chi connectivity index (χ3v) is 3.59. The highest BCUT2D eigenvalue weighted by molar-refractivity contribution is 7.99. The predicted octanol–water partition coefficient (Wildman–Crippen LogP) is 2.52. The molecule has 0 aromatic carbocycles. The minimum Gasteiger partial charge on any atom is -0.311 e. The van der Waals surface area contributed by atoms with Gasteiger partial charge in [-0.2, -0.15) is 11.8 Å². The second-order valence-corrected chi connectivity index (χ2v) is 5.17. The van der Waals surface area contributed by atoms with E-state index in [4.69, 9.17) is 0 Å². The molecule has 1 rings (SSSR count). The van der Waals surface area contributed by atoms with Crippen LogP contribution >= 0.6 is 11.8 Å². The van der Waals surface area contributed by atoms with Crippen molar-refractivity contribution in [3.05, 3.63) is 0 Å². The van der Waals surface area contributed by atoms with Gasteiger partial charge in [-0.15, -0.1) is 0 Å². The minimum absolute atomic E-state index is 0.686. The van der Waals surface area contributed by atoms with Crippen molar-refractivity contribution in [1.82, 2.24) is 5.32 Å². The van der Waals surface area contributed by atoms with Crippen LogP contribution in [0.4, 0.5) is 0 Å².